The molecule has 0 bridgehead atoms. The van der Waals surface area contributed by atoms with Gasteiger partial charge in [-0.25, -0.2) is 0 Å². The molecule has 1 atom stereocenters. The molecular formula is C28H34N2O2. The smallest absolute Gasteiger partial charge is 0.122 e. The van der Waals surface area contributed by atoms with E-state index in [1.54, 1.807) is 0 Å². The van der Waals surface area contributed by atoms with E-state index in [2.05, 4.69) is 83.5 Å². The highest BCUT2D eigenvalue weighted by molar-refractivity contribution is 5.35. The van der Waals surface area contributed by atoms with Crippen LogP contribution in [0.4, 0.5) is 0 Å². The Labute approximate surface area is 192 Å². The van der Waals surface area contributed by atoms with Gasteiger partial charge in [0, 0.05) is 32.7 Å². The molecule has 1 saturated heterocycles. The second-order valence-electron chi connectivity index (χ2n) is 8.79. The van der Waals surface area contributed by atoms with Crippen molar-refractivity contribution in [3.8, 4) is 5.75 Å². The molecule has 4 heteroatoms. The van der Waals surface area contributed by atoms with Crippen molar-refractivity contribution >= 4 is 0 Å². The number of aryl methyl sites for hydroxylation is 2. The second-order valence-corrected chi connectivity index (χ2v) is 8.79. The zero-order chi connectivity index (χ0) is 22.3. The number of hydrogen-bond donors (Lipinski definition) is 1. The molecule has 0 radical (unpaired) electrons. The molecule has 0 aliphatic carbocycles. The molecule has 0 spiro atoms. The maximum absolute atomic E-state index is 10.6. The molecule has 1 aliphatic heterocycles. The third kappa shape index (κ3) is 5.77. The molecule has 0 aromatic heterocycles. The summed E-state index contributed by atoms with van der Waals surface area (Å²) in [7, 11) is 0. The van der Waals surface area contributed by atoms with Gasteiger partial charge in [-0.05, 0) is 36.6 Å². The number of aliphatic hydroxyl groups excluding tert-OH is 1. The third-order valence-corrected chi connectivity index (χ3v) is 6.23. The fourth-order valence-corrected chi connectivity index (χ4v) is 4.59. The Morgan fingerprint density at radius 2 is 1.41 bits per heavy atom. The number of nitrogens with zero attached hydrogens (tertiary/aromatic N) is 2. The standard InChI is InChI=1S/C28H34N2O2/c1-22-13-14-27(23(2)19-22)32-21-26(31)20-29-15-17-30(18-16-29)28(24-9-5-3-6-10-24)25-11-7-4-8-12-25/h3-14,19,26,28,31H,15-18,20-21H2,1-2H3/t26-/m1/s1. The molecule has 3 aromatic rings. The van der Waals surface area contributed by atoms with Crippen LogP contribution in [-0.4, -0.2) is 60.3 Å². The summed E-state index contributed by atoms with van der Waals surface area (Å²) in [6.07, 6.45) is -0.499. The second kappa shape index (κ2) is 10.8. The lowest BCUT2D eigenvalue weighted by atomic mass is 9.96. The Morgan fingerprint density at radius 3 is 1.97 bits per heavy atom. The molecule has 1 fully saturated rings. The monoisotopic (exact) mass is 430 g/mol. The molecule has 0 saturated carbocycles. The van der Waals surface area contributed by atoms with Crippen molar-refractivity contribution in [1.29, 1.82) is 0 Å². The van der Waals surface area contributed by atoms with Gasteiger partial charge < -0.3 is 9.84 Å². The van der Waals surface area contributed by atoms with Gasteiger partial charge in [0.15, 0.2) is 0 Å². The number of rotatable bonds is 8. The number of aliphatic hydroxyl groups is 1. The summed E-state index contributed by atoms with van der Waals surface area (Å²) in [6.45, 7) is 8.90. The van der Waals surface area contributed by atoms with Crippen LogP contribution in [0.5, 0.6) is 5.75 Å². The number of hydrogen-bond acceptors (Lipinski definition) is 4. The van der Waals surface area contributed by atoms with Crippen LogP contribution in [-0.2, 0) is 0 Å². The zero-order valence-corrected chi connectivity index (χ0v) is 19.2. The highest BCUT2D eigenvalue weighted by Gasteiger charge is 2.27. The minimum Gasteiger partial charge on any atom is -0.491 e. The number of ether oxygens (including phenoxy) is 1. The first-order chi connectivity index (χ1) is 15.6. The minimum atomic E-state index is -0.499. The van der Waals surface area contributed by atoms with Crippen molar-refractivity contribution < 1.29 is 9.84 Å². The van der Waals surface area contributed by atoms with Gasteiger partial charge in [-0.3, -0.25) is 9.80 Å². The lowest BCUT2D eigenvalue weighted by molar-refractivity contribution is 0.0399. The molecule has 4 rings (SSSR count). The van der Waals surface area contributed by atoms with Gasteiger partial charge in [-0.1, -0.05) is 78.4 Å². The van der Waals surface area contributed by atoms with Gasteiger partial charge in [-0.15, -0.1) is 0 Å². The first kappa shape index (κ1) is 22.5. The summed E-state index contributed by atoms with van der Waals surface area (Å²) >= 11 is 0. The normalized spacial score (nSPS) is 16.2. The SMILES string of the molecule is Cc1ccc(OC[C@H](O)CN2CCN(C(c3ccccc3)c3ccccc3)CC2)c(C)c1. The van der Waals surface area contributed by atoms with Gasteiger partial charge in [0.25, 0.3) is 0 Å². The van der Waals surface area contributed by atoms with Crippen molar-refractivity contribution in [3.05, 3.63) is 101 Å². The van der Waals surface area contributed by atoms with Crippen molar-refractivity contribution in [2.24, 2.45) is 0 Å². The van der Waals surface area contributed by atoms with E-state index >= 15 is 0 Å². The van der Waals surface area contributed by atoms with E-state index in [9.17, 15) is 5.11 Å². The minimum absolute atomic E-state index is 0.261. The van der Waals surface area contributed by atoms with Gasteiger partial charge in [-0.2, -0.15) is 0 Å². The first-order valence-corrected chi connectivity index (χ1v) is 11.5. The molecule has 1 N–H and O–H groups in total. The van der Waals surface area contributed by atoms with Crippen LogP contribution in [0.3, 0.4) is 0 Å². The topological polar surface area (TPSA) is 35.9 Å². The predicted octanol–water partition coefficient (Wildman–Crippen LogP) is 4.45. The van der Waals surface area contributed by atoms with Crippen molar-refractivity contribution in [3.63, 3.8) is 0 Å². The zero-order valence-electron chi connectivity index (χ0n) is 19.2. The summed E-state index contributed by atoms with van der Waals surface area (Å²) in [5.41, 5.74) is 4.99. The summed E-state index contributed by atoms with van der Waals surface area (Å²) in [6, 6.07) is 27.9. The van der Waals surface area contributed by atoms with Crippen LogP contribution in [0.2, 0.25) is 0 Å². The molecule has 1 heterocycles. The highest BCUT2D eigenvalue weighted by atomic mass is 16.5. The fourth-order valence-electron chi connectivity index (χ4n) is 4.59. The summed E-state index contributed by atoms with van der Waals surface area (Å²) < 4.78 is 5.88. The van der Waals surface area contributed by atoms with Gasteiger partial charge in [0.2, 0.25) is 0 Å². The third-order valence-electron chi connectivity index (χ3n) is 6.23. The van der Waals surface area contributed by atoms with Crippen LogP contribution in [0.1, 0.15) is 28.3 Å². The first-order valence-electron chi connectivity index (χ1n) is 11.5. The van der Waals surface area contributed by atoms with Crippen molar-refractivity contribution in [2.75, 3.05) is 39.3 Å². The quantitative estimate of drug-likeness (QED) is 0.573. The average Bonchev–Trinajstić information content (AvgIpc) is 2.81. The van der Waals surface area contributed by atoms with E-state index in [-0.39, 0.29) is 6.04 Å². The van der Waals surface area contributed by atoms with Gasteiger partial charge in [0.1, 0.15) is 18.5 Å². The van der Waals surface area contributed by atoms with Crippen molar-refractivity contribution in [1.82, 2.24) is 9.80 Å². The molecule has 1 aliphatic rings. The number of benzene rings is 3. The summed E-state index contributed by atoms with van der Waals surface area (Å²) in [5, 5.41) is 10.6. The van der Waals surface area contributed by atoms with E-state index in [1.165, 1.54) is 16.7 Å². The highest BCUT2D eigenvalue weighted by Crippen LogP contribution is 2.29. The maximum Gasteiger partial charge on any atom is 0.122 e. The van der Waals surface area contributed by atoms with Crippen LogP contribution < -0.4 is 4.74 Å². The molecule has 168 valence electrons. The van der Waals surface area contributed by atoms with E-state index in [0.717, 1.165) is 37.5 Å². The Balaban J connectivity index is 1.32. The fraction of sp³-hybridized carbons (Fsp3) is 0.357. The van der Waals surface area contributed by atoms with E-state index < -0.39 is 6.10 Å². The molecule has 3 aromatic carbocycles. The molecule has 4 nitrogen and oxygen atoms in total. The van der Waals surface area contributed by atoms with Crippen LogP contribution >= 0.6 is 0 Å². The number of β-amino-alcohol motifs (C(OH)–C–C–N with tert-alkyl or cyclic N) is 1. The van der Waals surface area contributed by atoms with E-state index in [4.69, 9.17) is 4.74 Å². The predicted molar refractivity (Wildman–Crippen MR) is 130 cm³/mol. The van der Waals surface area contributed by atoms with Crippen LogP contribution in [0, 0.1) is 13.8 Å². The molecule has 32 heavy (non-hydrogen) atoms. The molecule has 0 unspecified atom stereocenters. The molecule has 0 amide bonds. The summed E-state index contributed by atoms with van der Waals surface area (Å²) in [4.78, 5) is 4.90. The van der Waals surface area contributed by atoms with E-state index in [0.29, 0.717) is 13.2 Å². The van der Waals surface area contributed by atoms with Gasteiger partial charge >= 0.3 is 0 Å². The largest absolute Gasteiger partial charge is 0.491 e. The Bertz CT molecular complexity index is 930. The van der Waals surface area contributed by atoms with E-state index in [1.807, 2.05) is 19.1 Å². The van der Waals surface area contributed by atoms with Crippen molar-refractivity contribution in [2.45, 2.75) is 26.0 Å². The Morgan fingerprint density at radius 1 is 0.812 bits per heavy atom. The maximum atomic E-state index is 10.6. The lowest BCUT2D eigenvalue weighted by Gasteiger charge is -2.40. The van der Waals surface area contributed by atoms with Crippen LogP contribution in [0.25, 0.3) is 0 Å². The van der Waals surface area contributed by atoms with Gasteiger partial charge in [0.05, 0.1) is 6.04 Å². The Kier molecular flexibility index (Phi) is 7.59. The van der Waals surface area contributed by atoms with Crippen LogP contribution in [0.15, 0.2) is 78.9 Å². The Hall–Kier alpha value is -2.66. The molecular weight excluding hydrogens is 396 g/mol. The lowest BCUT2D eigenvalue weighted by Crippen LogP contribution is -2.50. The number of piperazine rings is 1. The average molecular weight is 431 g/mol. The summed E-state index contributed by atoms with van der Waals surface area (Å²) in [5.74, 6) is 0.855.